The van der Waals surface area contributed by atoms with Gasteiger partial charge in [-0.05, 0) is 26.7 Å². The first kappa shape index (κ1) is 11.1. The van der Waals surface area contributed by atoms with Crippen molar-refractivity contribution in [1.29, 1.82) is 5.26 Å². The molecular weight excluding hydrogens is 205 g/mol. The molecule has 0 spiro atoms. The standard InChI is InChI=1S/C8H14NO2PS/c1-3-11-12(10)8(2,7-9)5-4-6-13-12/h3-6H2,1-2H3/t8-,12+/m0/s1. The fourth-order valence-corrected chi connectivity index (χ4v) is 6.30. The minimum Gasteiger partial charge on any atom is -0.320 e. The van der Waals surface area contributed by atoms with E-state index >= 15 is 0 Å². The van der Waals surface area contributed by atoms with Crippen LogP contribution in [0.1, 0.15) is 26.7 Å². The zero-order valence-electron chi connectivity index (χ0n) is 7.95. The van der Waals surface area contributed by atoms with E-state index in [1.165, 1.54) is 11.4 Å². The molecule has 1 rings (SSSR count). The number of hydrogen-bond donors (Lipinski definition) is 0. The van der Waals surface area contributed by atoms with Crippen LogP contribution in [-0.2, 0) is 9.09 Å². The van der Waals surface area contributed by atoms with E-state index < -0.39 is 11.7 Å². The van der Waals surface area contributed by atoms with Crippen LogP contribution in [0.3, 0.4) is 0 Å². The predicted molar refractivity (Wildman–Crippen MR) is 54.9 cm³/mol. The summed E-state index contributed by atoms with van der Waals surface area (Å²) >= 11 is 1.33. The summed E-state index contributed by atoms with van der Waals surface area (Å²) in [6.45, 7) is 1.20. The summed E-state index contributed by atoms with van der Waals surface area (Å²) in [6, 6.07) is 2.15. The molecule has 2 atom stereocenters. The second kappa shape index (κ2) is 4.04. The SMILES string of the molecule is CCO[P@@]1(=O)SCCC[C@@]1(C)C#N. The highest BCUT2D eigenvalue weighted by atomic mass is 32.7. The molecule has 0 amide bonds. The van der Waals surface area contributed by atoms with Gasteiger partial charge in [0.25, 0.3) is 6.57 Å². The number of nitrogens with zero attached hydrogens (tertiary/aromatic N) is 1. The van der Waals surface area contributed by atoms with Gasteiger partial charge in [-0.2, -0.15) is 5.26 Å². The van der Waals surface area contributed by atoms with Crippen molar-refractivity contribution in [2.45, 2.75) is 31.8 Å². The average molecular weight is 219 g/mol. The first-order chi connectivity index (χ1) is 6.08. The first-order valence-corrected chi connectivity index (χ1v) is 7.60. The molecule has 5 heteroatoms. The van der Waals surface area contributed by atoms with Gasteiger partial charge in [-0.3, -0.25) is 4.57 Å². The first-order valence-electron chi connectivity index (χ1n) is 4.38. The third-order valence-corrected chi connectivity index (χ3v) is 8.25. The lowest BCUT2D eigenvalue weighted by molar-refractivity contribution is 0.329. The zero-order valence-corrected chi connectivity index (χ0v) is 9.66. The minimum absolute atomic E-state index is 0.418. The molecule has 0 aromatic carbocycles. The maximum absolute atomic E-state index is 12.2. The monoisotopic (exact) mass is 219 g/mol. The Morgan fingerprint density at radius 3 is 3.00 bits per heavy atom. The molecule has 0 aliphatic carbocycles. The molecule has 1 aliphatic heterocycles. The smallest absolute Gasteiger partial charge is 0.277 e. The Morgan fingerprint density at radius 2 is 2.46 bits per heavy atom. The quantitative estimate of drug-likeness (QED) is 0.670. The molecule has 0 radical (unpaired) electrons. The van der Waals surface area contributed by atoms with Crippen molar-refractivity contribution < 1.29 is 9.09 Å². The summed E-state index contributed by atoms with van der Waals surface area (Å²) in [6.07, 6.45) is 1.64. The van der Waals surface area contributed by atoms with Gasteiger partial charge in [-0.15, -0.1) is 0 Å². The fraction of sp³-hybridized carbons (Fsp3) is 0.875. The van der Waals surface area contributed by atoms with Crippen LogP contribution in [0.4, 0.5) is 0 Å². The van der Waals surface area contributed by atoms with E-state index in [2.05, 4.69) is 6.07 Å². The van der Waals surface area contributed by atoms with Crippen LogP contribution in [0.2, 0.25) is 0 Å². The Hall–Kier alpha value is 0.0300. The van der Waals surface area contributed by atoms with E-state index in [1.54, 1.807) is 6.92 Å². The molecule has 74 valence electrons. The molecule has 0 saturated carbocycles. The molecule has 1 fully saturated rings. The van der Waals surface area contributed by atoms with Gasteiger partial charge in [-0.1, -0.05) is 11.4 Å². The number of rotatable bonds is 2. The highest BCUT2D eigenvalue weighted by Crippen LogP contribution is 2.72. The van der Waals surface area contributed by atoms with Crippen LogP contribution < -0.4 is 0 Å². The van der Waals surface area contributed by atoms with Crippen LogP contribution in [0.5, 0.6) is 0 Å². The van der Waals surface area contributed by atoms with Gasteiger partial charge in [0.15, 0.2) is 0 Å². The predicted octanol–water partition coefficient (Wildman–Crippen LogP) is 3.03. The molecule has 1 aliphatic rings. The van der Waals surface area contributed by atoms with E-state index in [0.717, 1.165) is 12.2 Å². The highest BCUT2D eigenvalue weighted by molar-refractivity contribution is 8.57. The molecule has 0 aromatic heterocycles. The molecule has 13 heavy (non-hydrogen) atoms. The van der Waals surface area contributed by atoms with Crippen LogP contribution in [0.15, 0.2) is 0 Å². The molecule has 0 aromatic rings. The van der Waals surface area contributed by atoms with Crippen LogP contribution >= 0.6 is 18.0 Å². The lowest BCUT2D eigenvalue weighted by Gasteiger charge is -2.34. The van der Waals surface area contributed by atoms with Crippen molar-refractivity contribution in [3.63, 3.8) is 0 Å². The van der Waals surface area contributed by atoms with Gasteiger partial charge in [0, 0.05) is 5.75 Å². The van der Waals surface area contributed by atoms with Crippen LogP contribution in [0.25, 0.3) is 0 Å². The summed E-state index contributed by atoms with van der Waals surface area (Å²) in [5, 5.41) is 8.23. The molecule has 0 unspecified atom stereocenters. The Balaban J connectivity index is 2.92. The van der Waals surface area contributed by atoms with E-state index in [9.17, 15) is 4.57 Å². The third kappa shape index (κ3) is 1.93. The van der Waals surface area contributed by atoms with Crippen molar-refractivity contribution in [2.75, 3.05) is 12.4 Å². The van der Waals surface area contributed by atoms with Crippen LogP contribution in [0, 0.1) is 11.3 Å². The van der Waals surface area contributed by atoms with Crippen molar-refractivity contribution >= 4 is 18.0 Å². The maximum Gasteiger partial charge on any atom is 0.277 e. The van der Waals surface area contributed by atoms with Crippen LogP contribution in [-0.4, -0.2) is 17.5 Å². The molecular formula is C8H14NO2PS. The maximum atomic E-state index is 12.2. The van der Waals surface area contributed by atoms with Gasteiger partial charge < -0.3 is 4.52 Å². The van der Waals surface area contributed by atoms with E-state index in [4.69, 9.17) is 9.79 Å². The summed E-state index contributed by atoms with van der Waals surface area (Å²) in [5.41, 5.74) is 0. The van der Waals surface area contributed by atoms with Crippen molar-refractivity contribution in [1.82, 2.24) is 0 Å². The van der Waals surface area contributed by atoms with Gasteiger partial charge in [0.2, 0.25) is 0 Å². The lowest BCUT2D eigenvalue weighted by Crippen LogP contribution is -2.26. The minimum atomic E-state index is -2.78. The number of nitriles is 1. The fourth-order valence-electron chi connectivity index (χ4n) is 1.35. The van der Waals surface area contributed by atoms with E-state index in [1.807, 2.05) is 6.92 Å². The van der Waals surface area contributed by atoms with Crippen molar-refractivity contribution in [3.8, 4) is 6.07 Å². The molecule has 0 N–H and O–H groups in total. The zero-order chi connectivity index (χ0) is 9.95. The lowest BCUT2D eigenvalue weighted by atomic mass is 10.1. The van der Waals surface area contributed by atoms with Gasteiger partial charge in [0.05, 0.1) is 12.7 Å². The van der Waals surface area contributed by atoms with Crippen molar-refractivity contribution in [3.05, 3.63) is 0 Å². The third-order valence-electron chi connectivity index (χ3n) is 2.21. The number of hydrogen-bond acceptors (Lipinski definition) is 4. The van der Waals surface area contributed by atoms with Crippen molar-refractivity contribution in [2.24, 2.45) is 0 Å². The highest BCUT2D eigenvalue weighted by Gasteiger charge is 2.48. The molecule has 3 nitrogen and oxygen atoms in total. The Bertz CT molecular complexity index is 270. The molecule has 1 heterocycles. The normalized spacial score (nSPS) is 39.8. The Labute approximate surface area is 83.0 Å². The van der Waals surface area contributed by atoms with Gasteiger partial charge >= 0.3 is 0 Å². The summed E-state index contributed by atoms with van der Waals surface area (Å²) < 4.78 is 17.5. The Morgan fingerprint density at radius 1 is 1.77 bits per heavy atom. The summed E-state index contributed by atoms with van der Waals surface area (Å²) in [5.74, 6) is 0.842. The second-order valence-corrected chi connectivity index (χ2v) is 8.36. The summed E-state index contributed by atoms with van der Waals surface area (Å²) in [7, 11) is 0. The summed E-state index contributed by atoms with van der Waals surface area (Å²) in [4.78, 5) is 0. The second-order valence-electron chi connectivity index (χ2n) is 3.24. The van der Waals surface area contributed by atoms with Gasteiger partial charge in [0.1, 0.15) is 5.16 Å². The Kier molecular flexibility index (Phi) is 3.45. The molecule has 1 saturated heterocycles. The van der Waals surface area contributed by atoms with E-state index in [-0.39, 0.29) is 0 Å². The van der Waals surface area contributed by atoms with E-state index in [0.29, 0.717) is 13.0 Å². The van der Waals surface area contributed by atoms with Gasteiger partial charge in [-0.25, -0.2) is 0 Å². The largest absolute Gasteiger partial charge is 0.320 e. The molecule has 0 bridgehead atoms. The topological polar surface area (TPSA) is 50.1 Å². The average Bonchev–Trinajstić information content (AvgIpc) is 2.11.